The minimum atomic E-state index is -0.296. The van der Waals surface area contributed by atoms with E-state index in [1.54, 1.807) is 6.92 Å². The lowest BCUT2D eigenvalue weighted by atomic mass is 10.1. The molecule has 3 heteroatoms. The van der Waals surface area contributed by atoms with Crippen molar-refractivity contribution >= 4 is 10.9 Å². The third-order valence-corrected chi connectivity index (χ3v) is 2.44. The van der Waals surface area contributed by atoms with Crippen LogP contribution in [0.3, 0.4) is 0 Å². The van der Waals surface area contributed by atoms with E-state index in [4.69, 9.17) is 5.11 Å². The molecule has 0 saturated carbocycles. The fourth-order valence-corrected chi connectivity index (χ4v) is 1.72. The molecule has 2 aromatic rings. The number of aromatic nitrogens is 1. The molecule has 0 fully saturated rings. The van der Waals surface area contributed by atoms with E-state index in [-0.39, 0.29) is 6.10 Å². The minimum absolute atomic E-state index is 0.296. The molecule has 0 unspecified atom stereocenters. The number of hydrogen-bond acceptors (Lipinski definition) is 2. The molecule has 0 aliphatic heterocycles. The molecule has 1 aromatic heterocycles. The van der Waals surface area contributed by atoms with E-state index in [0.717, 1.165) is 12.1 Å². The van der Waals surface area contributed by atoms with Crippen molar-refractivity contribution in [3.05, 3.63) is 36.0 Å². The molecule has 0 amide bonds. The molecule has 0 spiro atoms. The van der Waals surface area contributed by atoms with Crippen LogP contribution in [-0.2, 0) is 6.54 Å². The number of aliphatic hydroxyl groups is 1. The molecule has 1 atom stereocenters. The van der Waals surface area contributed by atoms with Crippen LogP contribution in [0.5, 0.6) is 0 Å². The van der Waals surface area contributed by atoms with Crippen LogP contribution >= 0.6 is 0 Å². The molecular formula is C12H16N2O. The zero-order valence-corrected chi connectivity index (χ0v) is 8.83. The average molecular weight is 204 g/mol. The highest BCUT2D eigenvalue weighted by Gasteiger charge is 2.01. The van der Waals surface area contributed by atoms with Gasteiger partial charge in [-0.2, -0.15) is 0 Å². The molecule has 0 radical (unpaired) electrons. The highest BCUT2D eigenvalue weighted by molar-refractivity contribution is 5.82. The number of nitrogens with one attached hydrogen (secondary N) is 2. The maximum Gasteiger partial charge on any atom is 0.0636 e. The van der Waals surface area contributed by atoms with Gasteiger partial charge in [0.15, 0.2) is 0 Å². The Kier molecular flexibility index (Phi) is 3.04. The highest BCUT2D eigenvalue weighted by atomic mass is 16.3. The molecule has 15 heavy (non-hydrogen) atoms. The van der Waals surface area contributed by atoms with Gasteiger partial charge in [-0.15, -0.1) is 0 Å². The summed E-state index contributed by atoms with van der Waals surface area (Å²) in [6, 6.07) is 8.28. The lowest BCUT2D eigenvalue weighted by Gasteiger charge is -2.07. The number of fused-ring (bicyclic) bond motifs is 1. The summed E-state index contributed by atoms with van der Waals surface area (Å²) in [6.07, 6.45) is 1.65. The monoisotopic (exact) mass is 204 g/mol. The largest absolute Gasteiger partial charge is 0.392 e. The standard InChI is InChI=1S/C12H16N2O/c1-9(15)7-13-8-10-3-2-4-12-11(10)5-6-14-12/h2-6,9,13-15H,7-8H2,1H3/t9-/m0/s1. The Balaban J connectivity index is 2.10. The van der Waals surface area contributed by atoms with Crippen LogP contribution in [0.25, 0.3) is 10.9 Å². The maximum atomic E-state index is 9.13. The minimum Gasteiger partial charge on any atom is -0.392 e. The average Bonchev–Trinajstić information content (AvgIpc) is 2.65. The summed E-state index contributed by atoms with van der Waals surface area (Å²) >= 11 is 0. The van der Waals surface area contributed by atoms with E-state index in [0.29, 0.717) is 6.54 Å². The maximum absolute atomic E-state index is 9.13. The van der Waals surface area contributed by atoms with Crippen LogP contribution in [-0.4, -0.2) is 22.7 Å². The van der Waals surface area contributed by atoms with Gasteiger partial charge in [-0.25, -0.2) is 0 Å². The van der Waals surface area contributed by atoms with Crippen molar-refractivity contribution in [3.63, 3.8) is 0 Å². The Morgan fingerprint density at radius 3 is 3.07 bits per heavy atom. The second kappa shape index (κ2) is 4.47. The molecule has 0 aliphatic rings. The number of hydrogen-bond donors (Lipinski definition) is 3. The molecular weight excluding hydrogens is 188 g/mol. The quantitative estimate of drug-likeness (QED) is 0.709. The van der Waals surface area contributed by atoms with E-state index in [1.165, 1.54) is 10.9 Å². The normalized spacial score (nSPS) is 13.2. The number of rotatable bonds is 4. The zero-order valence-electron chi connectivity index (χ0n) is 8.83. The fourth-order valence-electron chi connectivity index (χ4n) is 1.72. The van der Waals surface area contributed by atoms with Crippen molar-refractivity contribution in [2.45, 2.75) is 19.6 Å². The molecule has 3 N–H and O–H groups in total. The van der Waals surface area contributed by atoms with Gasteiger partial charge in [0, 0.05) is 30.2 Å². The van der Waals surface area contributed by atoms with Crippen molar-refractivity contribution in [3.8, 4) is 0 Å². The Morgan fingerprint density at radius 2 is 2.27 bits per heavy atom. The van der Waals surface area contributed by atoms with Gasteiger partial charge >= 0.3 is 0 Å². The van der Waals surface area contributed by atoms with E-state index < -0.39 is 0 Å². The van der Waals surface area contributed by atoms with E-state index in [2.05, 4.69) is 28.5 Å². The van der Waals surface area contributed by atoms with Crippen LogP contribution in [0.15, 0.2) is 30.5 Å². The third-order valence-electron chi connectivity index (χ3n) is 2.44. The van der Waals surface area contributed by atoms with Crippen LogP contribution in [0, 0.1) is 0 Å². The number of H-pyrrole nitrogens is 1. The van der Waals surface area contributed by atoms with Crippen molar-refractivity contribution in [1.82, 2.24) is 10.3 Å². The van der Waals surface area contributed by atoms with Crippen LogP contribution in [0.4, 0.5) is 0 Å². The van der Waals surface area contributed by atoms with Gasteiger partial charge in [0.05, 0.1) is 6.10 Å². The van der Waals surface area contributed by atoms with Gasteiger partial charge in [0.1, 0.15) is 0 Å². The van der Waals surface area contributed by atoms with Crippen molar-refractivity contribution < 1.29 is 5.11 Å². The van der Waals surface area contributed by atoms with Gasteiger partial charge in [-0.05, 0) is 24.6 Å². The lowest BCUT2D eigenvalue weighted by molar-refractivity contribution is 0.191. The van der Waals surface area contributed by atoms with E-state index in [1.807, 2.05) is 12.3 Å². The van der Waals surface area contributed by atoms with Gasteiger partial charge in [-0.1, -0.05) is 12.1 Å². The SMILES string of the molecule is C[C@H](O)CNCc1cccc2[nH]ccc12. The Morgan fingerprint density at radius 1 is 1.40 bits per heavy atom. The Hall–Kier alpha value is -1.32. The van der Waals surface area contributed by atoms with E-state index in [9.17, 15) is 0 Å². The van der Waals surface area contributed by atoms with Gasteiger partial charge in [-0.3, -0.25) is 0 Å². The topological polar surface area (TPSA) is 48.0 Å². The van der Waals surface area contributed by atoms with Crippen molar-refractivity contribution in [1.29, 1.82) is 0 Å². The molecule has 2 rings (SSSR count). The fraction of sp³-hybridized carbons (Fsp3) is 0.333. The number of aliphatic hydroxyl groups excluding tert-OH is 1. The number of aromatic amines is 1. The zero-order chi connectivity index (χ0) is 10.7. The summed E-state index contributed by atoms with van der Waals surface area (Å²) in [5.41, 5.74) is 2.42. The lowest BCUT2D eigenvalue weighted by Crippen LogP contribution is -2.23. The summed E-state index contributed by atoms with van der Waals surface area (Å²) in [6.45, 7) is 3.20. The predicted molar refractivity (Wildman–Crippen MR) is 61.7 cm³/mol. The molecule has 1 heterocycles. The van der Waals surface area contributed by atoms with Gasteiger partial charge in [0.2, 0.25) is 0 Å². The third kappa shape index (κ3) is 2.37. The van der Waals surface area contributed by atoms with Crippen LogP contribution in [0.1, 0.15) is 12.5 Å². The molecule has 0 saturated heterocycles. The van der Waals surface area contributed by atoms with E-state index >= 15 is 0 Å². The van der Waals surface area contributed by atoms with Gasteiger partial charge in [0.25, 0.3) is 0 Å². The second-order valence-electron chi connectivity index (χ2n) is 3.84. The highest BCUT2D eigenvalue weighted by Crippen LogP contribution is 2.16. The first-order valence-electron chi connectivity index (χ1n) is 5.21. The van der Waals surface area contributed by atoms with Crippen molar-refractivity contribution in [2.75, 3.05) is 6.54 Å². The first-order valence-corrected chi connectivity index (χ1v) is 5.21. The summed E-state index contributed by atoms with van der Waals surface area (Å²) in [5.74, 6) is 0. The van der Waals surface area contributed by atoms with Crippen molar-refractivity contribution in [2.24, 2.45) is 0 Å². The smallest absolute Gasteiger partial charge is 0.0636 e. The van der Waals surface area contributed by atoms with Crippen LogP contribution in [0.2, 0.25) is 0 Å². The summed E-state index contributed by atoms with van der Waals surface area (Å²) in [4.78, 5) is 3.18. The summed E-state index contributed by atoms with van der Waals surface area (Å²) < 4.78 is 0. The van der Waals surface area contributed by atoms with Crippen LogP contribution < -0.4 is 5.32 Å². The molecule has 0 aliphatic carbocycles. The molecule has 3 nitrogen and oxygen atoms in total. The number of benzene rings is 1. The Labute approximate surface area is 89.1 Å². The molecule has 0 bridgehead atoms. The first-order chi connectivity index (χ1) is 7.27. The summed E-state index contributed by atoms with van der Waals surface area (Å²) in [7, 11) is 0. The predicted octanol–water partition coefficient (Wildman–Crippen LogP) is 1.64. The first kappa shape index (κ1) is 10.2. The molecule has 1 aromatic carbocycles. The summed E-state index contributed by atoms with van der Waals surface area (Å²) in [5, 5.41) is 13.6. The van der Waals surface area contributed by atoms with Gasteiger partial charge < -0.3 is 15.4 Å². The second-order valence-corrected chi connectivity index (χ2v) is 3.84. The molecule has 80 valence electrons. The Bertz CT molecular complexity index is 434.